The minimum atomic E-state index is -3.78. The van der Waals surface area contributed by atoms with Crippen molar-refractivity contribution in [3.63, 3.8) is 0 Å². The minimum Gasteiger partial charge on any atom is -0.493 e. The monoisotopic (exact) mass is 441 g/mol. The SMILES string of the molecule is COc1ccc(S(=O)(=O)Nc2ccc(CCc3ccc(C(=O)O)cc3)cc2)cc1OC. The fourth-order valence-corrected chi connectivity index (χ4v) is 4.11. The number of carboxylic acids is 1. The number of aromatic carboxylic acids is 1. The van der Waals surface area contributed by atoms with Crippen LogP contribution in [0.3, 0.4) is 0 Å². The van der Waals surface area contributed by atoms with Gasteiger partial charge in [0, 0.05) is 11.8 Å². The van der Waals surface area contributed by atoms with Gasteiger partial charge >= 0.3 is 5.97 Å². The lowest BCUT2D eigenvalue weighted by molar-refractivity contribution is 0.0697. The lowest BCUT2D eigenvalue weighted by atomic mass is 10.0. The molecule has 31 heavy (non-hydrogen) atoms. The van der Waals surface area contributed by atoms with Gasteiger partial charge in [-0.3, -0.25) is 4.72 Å². The molecule has 0 radical (unpaired) electrons. The van der Waals surface area contributed by atoms with Gasteiger partial charge < -0.3 is 14.6 Å². The Labute approximate surface area is 181 Å². The van der Waals surface area contributed by atoms with Crippen molar-refractivity contribution in [3.8, 4) is 11.5 Å². The van der Waals surface area contributed by atoms with E-state index in [1.54, 1.807) is 42.5 Å². The molecule has 0 amide bonds. The largest absolute Gasteiger partial charge is 0.493 e. The van der Waals surface area contributed by atoms with E-state index in [1.165, 1.54) is 26.4 Å². The molecule has 0 aromatic heterocycles. The molecule has 3 aromatic rings. The molecule has 2 N–H and O–H groups in total. The Balaban J connectivity index is 1.65. The number of aryl methyl sites for hydroxylation is 2. The Morgan fingerprint density at radius 2 is 1.39 bits per heavy atom. The first-order chi connectivity index (χ1) is 14.8. The second kappa shape index (κ2) is 9.53. The molecule has 0 unspecified atom stereocenters. The van der Waals surface area contributed by atoms with Gasteiger partial charge in [0.25, 0.3) is 10.0 Å². The first-order valence-corrected chi connectivity index (χ1v) is 11.0. The zero-order valence-corrected chi connectivity index (χ0v) is 18.0. The summed E-state index contributed by atoms with van der Waals surface area (Å²) < 4.78 is 38.3. The van der Waals surface area contributed by atoms with Crippen LogP contribution in [0.1, 0.15) is 21.5 Å². The Morgan fingerprint density at radius 3 is 1.90 bits per heavy atom. The van der Waals surface area contributed by atoms with E-state index in [2.05, 4.69) is 4.72 Å². The molecular weight excluding hydrogens is 418 g/mol. The summed E-state index contributed by atoms with van der Waals surface area (Å²) in [6.07, 6.45) is 1.49. The van der Waals surface area contributed by atoms with Crippen LogP contribution in [0.15, 0.2) is 71.6 Å². The summed E-state index contributed by atoms with van der Waals surface area (Å²) in [4.78, 5) is 11.0. The summed E-state index contributed by atoms with van der Waals surface area (Å²) >= 11 is 0. The highest BCUT2D eigenvalue weighted by Crippen LogP contribution is 2.30. The van der Waals surface area contributed by atoms with Crippen molar-refractivity contribution in [3.05, 3.63) is 83.4 Å². The summed E-state index contributed by atoms with van der Waals surface area (Å²) in [6, 6.07) is 18.3. The van der Waals surface area contributed by atoms with Gasteiger partial charge in [0.15, 0.2) is 11.5 Å². The molecule has 3 rings (SSSR count). The van der Waals surface area contributed by atoms with Gasteiger partial charge in [0.05, 0.1) is 24.7 Å². The van der Waals surface area contributed by atoms with Gasteiger partial charge in [-0.2, -0.15) is 0 Å². The van der Waals surface area contributed by atoms with Crippen LogP contribution in [-0.2, 0) is 22.9 Å². The number of hydrogen-bond acceptors (Lipinski definition) is 5. The van der Waals surface area contributed by atoms with Crippen molar-refractivity contribution >= 4 is 21.7 Å². The maximum atomic E-state index is 12.7. The third-order valence-electron chi connectivity index (χ3n) is 4.77. The third kappa shape index (κ3) is 5.55. The Kier molecular flexibility index (Phi) is 6.81. The zero-order chi connectivity index (χ0) is 22.4. The summed E-state index contributed by atoms with van der Waals surface area (Å²) in [6.45, 7) is 0. The van der Waals surface area contributed by atoms with Crippen LogP contribution >= 0.6 is 0 Å². The summed E-state index contributed by atoms with van der Waals surface area (Å²) in [5, 5.41) is 8.95. The number of carboxylic acid groups (broad SMARTS) is 1. The van der Waals surface area contributed by atoms with Crippen molar-refractivity contribution in [1.29, 1.82) is 0 Å². The van der Waals surface area contributed by atoms with Gasteiger partial charge in [0.1, 0.15) is 0 Å². The summed E-state index contributed by atoms with van der Waals surface area (Å²) in [7, 11) is -0.855. The first-order valence-electron chi connectivity index (χ1n) is 9.48. The highest BCUT2D eigenvalue weighted by atomic mass is 32.2. The van der Waals surface area contributed by atoms with Crippen molar-refractivity contribution in [2.24, 2.45) is 0 Å². The normalized spacial score (nSPS) is 11.0. The van der Waals surface area contributed by atoms with E-state index in [9.17, 15) is 13.2 Å². The summed E-state index contributed by atoms with van der Waals surface area (Å²) in [5.74, 6) is -0.168. The number of anilines is 1. The molecule has 0 atom stereocenters. The maximum Gasteiger partial charge on any atom is 0.335 e. The smallest absolute Gasteiger partial charge is 0.335 e. The number of nitrogens with one attached hydrogen (secondary N) is 1. The van der Waals surface area contributed by atoms with Gasteiger partial charge in [-0.25, -0.2) is 13.2 Å². The molecule has 8 heteroatoms. The molecule has 3 aromatic carbocycles. The number of hydrogen-bond donors (Lipinski definition) is 2. The number of ether oxygens (including phenoxy) is 2. The predicted molar refractivity (Wildman–Crippen MR) is 118 cm³/mol. The van der Waals surface area contributed by atoms with Crippen LogP contribution < -0.4 is 14.2 Å². The molecule has 0 saturated heterocycles. The molecule has 0 heterocycles. The van der Waals surface area contributed by atoms with Gasteiger partial charge in [-0.05, 0) is 60.4 Å². The molecule has 7 nitrogen and oxygen atoms in total. The molecule has 162 valence electrons. The predicted octanol–water partition coefficient (Wildman–Crippen LogP) is 3.99. The fourth-order valence-electron chi connectivity index (χ4n) is 3.04. The van der Waals surface area contributed by atoms with Crippen LogP contribution in [0.5, 0.6) is 11.5 Å². The average Bonchev–Trinajstić information content (AvgIpc) is 2.78. The lowest BCUT2D eigenvalue weighted by Gasteiger charge is -2.12. The number of benzene rings is 3. The molecule has 0 aliphatic heterocycles. The second-order valence-corrected chi connectivity index (χ2v) is 8.50. The van der Waals surface area contributed by atoms with Gasteiger partial charge in [-0.15, -0.1) is 0 Å². The van der Waals surface area contributed by atoms with Crippen molar-refractivity contribution in [2.45, 2.75) is 17.7 Å². The molecule has 0 aliphatic rings. The topological polar surface area (TPSA) is 102 Å². The number of carbonyl (C=O) groups is 1. The van der Waals surface area contributed by atoms with Crippen molar-refractivity contribution in [1.82, 2.24) is 0 Å². The van der Waals surface area contributed by atoms with Crippen LogP contribution in [-0.4, -0.2) is 33.7 Å². The quantitative estimate of drug-likeness (QED) is 0.521. The standard InChI is InChI=1S/C23H23NO6S/c1-29-21-14-13-20(15-22(21)30-2)31(27,28)24-19-11-7-17(8-12-19)4-3-16-5-9-18(10-6-16)23(25)26/h5-15,24H,3-4H2,1-2H3,(H,25,26). The Hall–Kier alpha value is -3.52. The van der Waals surface area contributed by atoms with E-state index >= 15 is 0 Å². The van der Waals surface area contributed by atoms with E-state index in [4.69, 9.17) is 14.6 Å². The molecular formula is C23H23NO6S. The van der Waals surface area contributed by atoms with E-state index in [0.717, 1.165) is 24.0 Å². The molecule has 0 fully saturated rings. The van der Waals surface area contributed by atoms with Gasteiger partial charge in [-0.1, -0.05) is 24.3 Å². The van der Waals surface area contributed by atoms with E-state index in [0.29, 0.717) is 17.2 Å². The van der Waals surface area contributed by atoms with Crippen LogP contribution in [0.25, 0.3) is 0 Å². The molecule has 0 saturated carbocycles. The maximum absolute atomic E-state index is 12.7. The summed E-state index contributed by atoms with van der Waals surface area (Å²) in [5.41, 5.74) is 2.78. The minimum absolute atomic E-state index is 0.0686. The fraction of sp³-hybridized carbons (Fsp3) is 0.174. The van der Waals surface area contributed by atoms with Crippen LogP contribution in [0.4, 0.5) is 5.69 Å². The highest BCUT2D eigenvalue weighted by molar-refractivity contribution is 7.92. The van der Waals surface area contributed by atoms with Crippen molar-refractivity contribution < 1.29 is 27.8 Å². The number of methoxy groups -OCH3 is 2. The first kappa shape index (κ1) is 22.2. The zero-order valence-electron chi connectivity index (χ0n) is 17.2. The van der Waals surface area contributed by atoms with Crippen LogP contribution in [0.2, 0.25) is 0 Å². The Bertz CT molecular complexity index is 1160. The average molecular weight is 442 g/mol. The lowest BCUT2D eigenvalue weighted by Crippen LogP contribution is -2.13. The molecule has 0 aliphatic carbocycles. The van der Waals surface area contributed by atoms with Crippen molar-refractivity contribution in [2.75, 3.05) is 18.9 Å². The van der Waals surface area contributed by atoms with E-state index in [-0.39, 0.29) is 10.5 Å². The Morgan fingerprint density at radius 1 is 0.839 bits per heavy atom. The molecule has 0 spiro atoms. The van der Waals surface area contributed by atoms with Crippen LogP contribution in [0, 0.1) is 0 Å². The molecule has 0 bridgehead atoms. The van der Waals surface area contributed by atoms with E-state index < -0.39 is 16.0 Å². The van der Waals surface area contributed by atoms with Gasteiger partial charge in [0.2, 0.25) is 0 Å². The second-order valence-electron chi connectivity index (χ2n) is 6.82. The number of rotatable bonds is 9. The highest BCUT2D eigenvalue weighted by Gasteiger charge is 2.17. The van der Waals surface area contributed by atoms with E-state index in [1.807, 2.05) is 12.1 Å². The third-order valence-corrected chi connectivity index (χ3v) is 6.15. The number of sulfonamides is 1.